The summed E-state index contributed by atoms with van der Waals surface area (Å²) in [4.78, 5) is 24.8. The van der Waals surface area contributed by atoms with E-state index in [-0.39, 0.29) is 43.6 Å². The molecule has 0 spiro atoms. The molecular weight excluding hydrogens is 403 g/mol. The molecule has 2 aliphatic rings. The number of carbonyl (C=O) groups excluding carboxylic acids is 2. The van der Waals surface area contributed by atoms with Gasteiger partial charge in [-0.25, -0.2) is 26.4 Å². The molecule has 12 heteroatoms. The fourth-order valence-electron chi connectivity index (χ4n) is 3.08. The average Bonchev–Trinajstić information content (AvgIpc) is 2.98. The van der Waals surface area contributed by atoms with Gasteiger partial charge in [-0.2, -0.15) is 0 Å². The van der Waals surface area contributed by atoms with E-state index in [9.17, 15) is 31.2 Å². The number of benzene rings is 1. The molecule has 1 N–H and O–H groups in total. The number of hydrogen-bond acceptors (Lipinski definition) is 6. The molecule has 1 atom stereocenters. The lowest BCUT2D eigenvalue weighted by Gasteiger charge is -2.30. The molecule has 28 heavy (non-hydrogen) atoms. The summed E-state index contributed by atoms with van der Waals surface area (Å²) in [7, 11) is -3.29. The summed E-state index contributed by atoms with van der Waals surface area (Å²) in [5, 5.41) is 2.44. The second-order valence-electron chi connectivity index (χ2n) is 6.55. The van der Waals surface area contributed by atoms with Gasteiger partial charge in [-0.05, 0) is 0 Å². The zero-order valence-corrected chi connectivity index (χ0v) is 15.7. The first-order valence-corrected chi connectivity index (χ1v) is 10.3. The maximum absolute atomic E-state index is 14.6. The van der Waals surface area contributed by atoms with Crippen molar-refractivity contribution in [2.75, 3.05) is 47.5 Å². The maximum atomic E-state index is 14.6. The van der Waals surface area contributed by atoms with Gasteiger partial charge in [0.15, 0.2) is 27.3 Å². The van der Waals surface area contributed by atoms with Gasteiger partial charge >= 0.3 is 6.09 Å². The van der Waals surface area contributed by atoms with Gasteiger partial charge in [0.05, 0.1) is 30.3 Å². The van der Waals surface area contributed by atoms with Crippen LogP contribution in [0.4, 0.5) is 29.3 Å². The number of hydrogen-bond donors (Lipinski definition) is 1. The van der Waals surface area contributed by atoms with Crippen LogP contribution in [-0.4, -0.2) is 64.2 Å². The van der Waals surface area contributed by atoms with Crippen LogP contribution in [0, 0.1) is 17.5 Å². The minimum absolute atomic E-state index is 0.0233. The van der Waals surface area contributed by atoms with Gasteiger partial charge in [0.25, 0.3) is 0 Å². The van der Waals surface area contributed by atoms with Crippen LogP contribution in [-0.2, 0) is 19.4 Å². The highest BCUT2D eigenvalue weighted by Gasteiger charge is 2.37. The van der Waals surface area contributed by atoms with Crippen LogP contribution < -0.4 is 15.1 Å². The molecule has 0 radical (unpaired) electrons. The molecule has 2 amide bonds. The lowest BCUT2D eigenvalue weighted by molar-refractivity contribution is -0.119. The number of halogens is 3. The van der Waals surface area contributed by atoms with Crippen LogP contribution in [0.2, 0.25) is 0 Å². The Kier molecular flexibility index (Phi) is 5.41. The number of rotatable bonds is 4. The molecule has 0 bridgehead atoms. The van der Waals surface area contributed by atoms with Gasteiger partial charge < -0.3 is 15.0 Å². The van der Waals surface area contributed by atoms with Crippen LogP contribution in [0.25, 0.3) is 0 Å². The molecule has 1 aromatic rings. The zero-order chi connectivity index (χ0) is 20.6. The number of nitrogens with zero attached hydrogens (tertiary/aromatic N) is 2. The molecule has 0 saturated carbocycles. The van der Waals surface area contributed by atoms with Crippen LogP contribution in [0.5, 0.6) is 0 Å². The van der Waals surface area contributed by atoms with Gasteiger partial charge in [-0.15, -0.1) is 0 Å². The largest absolute Gasteiger partial charge is 0.442 e. The van der Waals surface area contributed by atoms with Crippen LogP contribution in [0.1, 0.15) is 6.92 Å². The Bertz CT molecular complexity index is 911. The summed E-state index contributed by atoms with van der Waals surface area (Å²) in [6, 6.07) is 0.679. The summed E-state index contributed by atoms with van der Waals surface area (Å²) in [6.07, 6.45) is -1.79. The van der Waals surface area contributed by atoms with Crippen molar-refractivity contribution in [3.8, 4) is 0 Å². The van der Waals surface area contributed by atoms with Gasteiger partial charge in [-0.3, -0.25) is 9.69 Å². The van der Waals surface area contributed by atoms with Gasteiger partial charge in [0, 0.05) is 26.1 Å². The Hall–Kier alpha value is -2.50. The molecule has 0 aromatic heterocycles. The predicted molar refractivity (Wildman–Crippen MR) is 93.5 cm³/mol. The Balaban J connectivity index is 1.84. The highest BCUT2D eigenvalue weighted by Crippen LogP contribution is 2.34. The third-order valence-corrected chi connectivity index (χ3v) is 6.13. The molecule has 2 saturated heterocycles. The lowest BCUT2D eigenvalue weighted by Crippen LogP contribution is -2.41. The first kappa shape index (κ1) is 20.2. The van der Waals surface area contributed by atoms with Crippen molar-refractivity contribution >= 4 is 33.2 Å². The summed E-state index contributed by atoms with van der Waals surface area (Å²) >= 11 is 0. The van der Waals surface area contributed by atoms with Gasteiger partial charge in [0.2, 0.25) is 5.91 Å². The number of cyclic esters (lactones) is 1. The number of amides is 2. The quantitative estimate of drug-likeness (QED) is 0.723. The second-order valence-corrected chi connectivity index (χ2v) is 8.85. The van der Waals surface area contributed by atoms with Gasteiger partial charge in [0.1, 0.15) is 11.8 Å². The Morgan fingerprint density at radius 3 is 2.50 bits per heavy atom. The van der Waals surface area contributed by atoms with Gasteiger partial charge in [-0.1, -0.05) is 0 Å². The van der Waals surface area contributed by atoms with Crippen LogP contribution >= 0.6 is 0 Å². The summed E-state index contributed by atoms with van der Waals surface area (Å²) in [5.74, 6) is -5.01. The van der Waals surface area contributed by atoms with Crippen molar-refractivity contribution in [1.82, 2.24) is 5.32 Å². The molecule has 8 nitrogen and oxygen atoms in total. The third-order valence-electron chi connectivity index (χ3n) is 4.52. The summed E-state index contributed by atoms with van der Waals surface area (Å²) in [5.41, 5.74) is -1.29. The zero-order valence-electron chi connectivity index (χ0n) is 14.9. The topological polar surface area (TPSA) is 96.0 Å². The lowest BCUT2D eigenvalue weighted by atomic mass is 10.2. The number of carbonyl (C=O) groups is 2. The SMILES string of the molecule is CC(=O)NC[C@H]1CN(c2cc(F)c(N3CCS(=O)(=O)CC3)c(F)c2F)C(=O)O1. The fourth-order valence-corrected chi connectivity index (χ4v) is 4.28. The molecule has 2 heterocycles. The fraction of sp³-hybridized carbons (Fsp3) is 0.500. The average molecular weight is 421 g/mol. The van der Waals surface area contributed by atoms with E-state index < -0.39 is 50.9 Å². The monoisotopic (exact) mass is 421 g/mol. The maximum Gasteiger partial charge on any atom is 0.414 e. The Labute approximate surface area is 159 Å². The Morgan fingerprint density at radius 1 is 1.25 bits per heavy atom. The number of sulfone groups is 1. The first-order chi connectivity index (χ1) is 13.1. The molecule has 0 unspecified atom stereocenters. The van der Waals surface area contributed by atoms with E-state index in [0.717, 1.165) is 9.80 Å². The van der Waals surface area contributed by atoms with Crippen molar-refractivity contribution in [1.29, 1.82) is 0 Å². The van der Waals surface area contributed by atoms with E-state index in [1.807, 2.05) is 0 Å². The van der Waals surface area contributed by atoms with E-state index >= 15 is 0 Å². The van der Waals surface area contributed by atoms with Crippen molar-refractivity contribution in [2.45, 2.75) is 13.0 Å². The molecule has 0 aliphatic carbocycles. The van der Waals surface area contributed by atoms with Crippen molar-refractivity contribution in [3.05, 3.63) is 23.5 Å². The second kappa shape index (κ2) is 7.49. The van der Waals surface area contributed by atoms with E-state index in [1.54, 1.807) is 0 Å². The van der Waals surface area contributed by atoms with Crippen LogP contribution in [0.3, 0.4) is 0 Å². The van der Waals surface area contributed by atoms with E-state index in [2.05, 4.69) is 5.32 Å². The molecular formula is C16H18F3N3O5S. The normalized spacial score (nSPS) is 21.6. The summed E-state index contributed by atoms with van der Waals surface area (Å²) < 4.78 is 71.7. The molecule has 1 aromatic carbocycles. The van der Waals surface area contributed by atoms with E-state index in [0.29, 0.717) is 6.07 Å². The van der Waals surface area contributed by atoms with Crippen molar-refractivity contribution in [3.63, 3.8) is 0 Å². The minimum atomic E-state index is -3.29. The predicted octanol–water partition coefficient (Wildman–Crippen LogP) is 0.800. The van der Waals surface area contributed by atoms with E-state index in [4.69, 9.17) is 4.74 Å². The standard InChI is InChI=1S/C16H18F3N3O5S/c1-9(23)20-7-10-8-22(16(24)27-10)12-6-11(17)15(14(19)13(12)18)21-2-4-28(25,26)5-3-21/h6,10H,2-5,7-8H2,1H3,(H,20,23)/t10-/m0/s1. The molecule has 3 rings (SSSR count). The van der Waals surface area contributed by atoms with Crippen molar-refractivity contribution < 1.29 is 35.9 Å². The molecule has 2 aliphatic heterocycles. The molecule has 154 valence electrons. The molecule has 2 fully saturated rings. The number of anilines is 2. The smallest absolute Gasteiger partial charge is 0.414 e. The van der Waals surface area contributed by atoms with Crippen LogP contribution in [0.15, 0.2) is 6.07 Å². The third kappa shape index (κ3) is 4.01. The number of nitrogens with one attached hydrogen (secondary N) is 1. The minimum Gasteiger partial charge on any atom is -0.442 e. The van der Waals surface area contributed by atoms with Crippen molar-refractivity contribution in [2.24, 2.45) is 0 Å². The highest BCUT2D eigenvalue weighted by atomic mass is 32.2. The van der Waals surface area contributed by atoms with E-state index in [1.165, 1.54) is 6.92 Å². The first-order valence-electron chi connectivity index (χ1n) is 8.44. The number of ether oxygens (including phenoxy) is 1. The summed E-state index contributed by atoms with van der Waals surface area (Å²) in [6.45, 7) is 0.712. The highest BCUT2D eigenvalue weighted by molar-refractivity contribution is 7.91. The Morgan fingerprint density at radius 2 is 1.89 bits per heavy atom.